The lowest BCUT2D eigenvalue weighted by Crippen LogP contribution is -1.87. The third kappa shape index (κ3) is 1.60. The third-order valence-corrected chi connectivity index (χ3v) is 2.72. The van der Waals surface area contributed by atoms with Crippen LogP contribution in [0, 0.1) is 6.92 Å². The maximum absolute atomic E-state index is 5.21. The minimum absolute atomic E-state index is 0.836. The standard InChI is InChI=1S/C11H10BrNO/c1-7-3-4-8-5-11(14-2)9(12)6-10(8)13-7/h3-6H,1-2H3. The van der Waals surface area contributed by atoms with Crippen molar-refractivity contribution in [3.8, 4) is 5.75 Å². The van der Waals surface area contributed by atoms with E-state index in [4.69, 9.17) is 4.74 Å². The maximum Gasteiger partial charge on any atom is 0.133 e. The van der Waals surface area contributed by atoms with Crippen molar-refractivity contribution in [1.29, 1.82) is 0 Å². The quantitative estimate of drug-likeness (QED) is 0.776. The zero-order chi connectivity index (χ0) is 10.1. The molecule has 0 saturated heterocycles. The van der Waals surface area contributed by atoms with Gasteiger partial charge in [0.1, 0.15) is 5.75 Å². The smallest absolute Gasteiger partial charge is 0.133 e. The topological polar surface area (TPSA) is 22.1 Å². The van der Waals surface area contributed by atoms with Crippen molar-refractivity contribution in [2.45, 2.75) is 6.92 Å². The lowest BCUT2D eigenvalue weighted by molar-refractivity contribution is 0.413. The van der Waals surface area contributed by atoms with Crippen molar-refractivity contribution in [2.75, 3.05) is 7.11 Å². The molecule has 0 amide bonds. The monoisotopic (exact) mass is 251 g/mol. The summed E-state index contributed by atoms with van der Waals surface area (Å²) < 4.78 is 6.14. The van der Waals surface area contributed by atoms with Gasteiger partial charge in [-0.1, -0.05) is 6.07 Å². The first-order chi connectivity index (χ1) is 6.70. The van der Waals surface area contributed by atoms with E-state index in [9.17, 15) is 0 Å². The highest BCUT2D eigenvalue weighted by molar-refractivity contribution is 9.10. The van der Waals surface area contributed by atoms with Crippen LogP contribution in [0.3, 0.4) is 0 Å². The summed E-state index contributed by atoms with van der Waals surface area (Å²) in [5.41, 5.74) is 2.01. The van der Waals surface area contributed by atoms with Crippen LogP contribution >= 0.6 is 15.9 Å². The molecule has 1 heterocycles. The number of hydrogen-bond acceptors (Lipinski definition) is 2. The molecule has 0 aliphatic rings. The summed E-state index contributed by atoms with van der Waals surface area (Å²) in [6.45, 7) is 1.98. The molecule has 2 rings (SSSR count). The Morgan fingerprint density at radius 3 is 2.79 bits per heavy atom. The van der Waals surface area contributed by atoms with Gasteiger partial charge >= 0.3 is 0 Å². The Morgan fingerprint density at radius 1 is 1.29 bits per heavy atom. The second kappa shape index (κ2) is 3.58. The van der Waals surface area contributed by atoms with Gasteiger partial charge in [-0.3, -0.25) is 4.98 Å². The molecule has 0 bridgehead atoms. The minimum atomic E-state index is 0.836. The maximum atomic E-state index is 5.21. The molecular weight excluding hydrogens is 242 g/mol. The average Bonchev–Trinajstić information content (AvgIpc) is 2.16. The molecule has 0 fully saturated rings. The fourth-order valence-corrected chi connectivity index (χ4v) is 1.88. The summed E-state index contributed by atoms with van der Waals surface area (Å²) in [4.78, 5) is 4.43. The van der Waals surface area contributed by atoms with Gasteiger partial charge in [-0.2, -0.15) is 0 Å². The lowest BCUT2D eigenvalue weighted by Gasteiger charge is -2.05. The number of ether oxygens (including phenoxy) is 1. The zero-order valence-electron chi connectivity index (χ0n) is 8.04. The Bertz CT molecular complexity index is 482. The number of nitrogens with zero attached hydrogens (tertiary/aromatic N) is 1. The van der Waals surface area contributed by atoms with Gasteiger partial charge in [0, 0.05) is 11.1 Å². The van der Waals surface area contributed by atoms with Gasteiger partial charge < -0.3 is 4.74 Å². The van der Waals surface area contributed by atoms with E-state index in [-0.39, 0.29) is 0 Å². The van der Waals surface area contributed by atoms with Crippen molar-refractivity contribution in [3.05, 3.63) is 34.4 Å². The Balaban J connectivity index is 2.73. The molecule has 0 aliphatic heterocycles. The molecular formula is C11H10BrNO. The summed E-state index contributed by atoms with van der Waals surface area (Å²) in [7, 11) is 1.66. The molecule has 14 heavy (non-hydrogen) atoms. The Hall–Kier alpha value is -1.09. The molecule has 0 atom stereocenters. The van der Waals surface area contributed by atoms with E-state index in [1.54, 1.807) is 7.11 Å². The predicted octanol–water partition coefficient (Wildman–Crippen LogP) is 3.31. The number of rotatable bonds is 1. The van der Waals surface area contributed by atoms with Crippen LogP contribution in [0.25, 0.3) is 10.9 Å². The number of aryl methyl sites for hydroxylation is 1. The normalized spacial score (nSPS) is 10.5. The van der Waals surface area contributed by atoms with Gasteiger partial charge in [-0.25, -0.2) is 0 Å². The first-order valence-electron chi connectivity index (χ1n) is 4.31. The summed E-state index contributed by atoms with van der Waals surface area (Å²) in [6.07, 6.45) is 0. The summed E-state index contributed by atoms with van der Waals surface area (Å²) >= 11 is 3.44. The van der Waals surface area contributed by atoms with Crippen molar-refractivity contribution >= 4 is 26.8 Å². The van der Waals surface area contributed by atoms with Gasteiger partial charge in [0.05, 0.1) is 17.1 Å². The van der Waals surface area contributed by atoms with Crippen LogP contribution in [0.4, 0.5) is 0 Å². The van der Waals surface area contributed by atoms with Crippen LogP contribution in [0.5, 0.6) is 5.75 Å². The van der Waals surface area contributed by atoms with E-state index in [1.165, 1.54) is 0 Å². The summed E-state index contributed by atoms with van der Waals surface area (Å²) in [5.74, 6) is 0.836. The number of halogens is 1. The highest BCUT2D eigenvalue weighted by Gasteiger charge is 2.03. The van der Waals surface area contributed by atoms with Crippen LogP contribution in [0.2, 0.25) is 0 Å². The Labute approximate surface area is 91.0 Å². The lowest BCUT2D eigenvalue weighted by atomic mass is 10.2. The molecule has 72 valence electrons. The van der Waals surface area contributed by atoms with E-state index in [0.717, 1.165) is 26.8 Å². The third-order valence-electron chi connectivity index (χ3n) is 2.10. The van der Waals surface area contributed by atoms with E-state index in [2.05, 4.69) is 20.9 Å². The predicted molar refractivity (Wildman–Crippen MR) is 60.7 cm³/mol. The van der Waals surface area contributed by atoms with Crippen LogP contribution in [0.1, 0.15) is 5.69 Å². The molecule has 2 aromatic rings. The summed E-state index contributed by atoms with van der Waals surface area (Å²) in [5, 5.41) is 1.09. The van der Waals surface area contributed by atoms with Crippen LogP contribution in [-0.4, -0.2) is 12.1 Å². The fraction of sp³-hybridized carbons (Fsp3) is 0.182. The van der Waals surface area contributed by atoms with Crippen molar-refractivity contribution < 1.29 is 4.74 Å². The summed E-state index contributed by atoms with van der Waals surface area (Å²) in [6, 6.07) is 8.00. The average molecular weight is 252 g/mol. The minimum Gasteiger partial charge on any atom is -0.496 e. The van der Waals surface area contributed by atoms with Gasteiger partial charge in [-0.15, -0.1) is 0 Å². The van der Waals surface area contributed by atoms with Gasteiger partial charge in [-0.05, 0) is 41.1 Å². The van der Waals surface area contributed by atoms with Gasteiger partial charge in [0.2, 0.25) is 0 Å². The second-order valence-corrected chi connectivity index (χ2v) is 3.99. The van der Waals surface area contributed by atoms with Crippen molar-refractivity contribution in [3.63, 3.8) is 0 Å². The molecule has 0 aliphatic carbocycles. The Morgan fingerprint density at radius 2 is 2.07 bits per heavy atom. The van der Waals surface area contributed by atoms with E-state index in [0.29, 0.717) is 0 Å². The molecule has 2 nitrogen and oxygen atoms in total. The van der Waals surface area contributed by atoms with Crippen LogP contribution in [0.15, 0.2) is 28.7 Å². The van der Waals surface area contributed by atoms with Crippen LogP contribution in [-0.2, 0) is 0 Å². The molecule has 0 radical (unpaired) electrons. The fourth-order valence-electron chi connectivity index (χ4n) is 1.38. The molecule has 1 aromatic carbocycles. The number of pyridine rings is 1. The van der Waals surface area contributed by atoms with Crippen molar-refractivity contribution in [1.82, 2.24) is 4.98 Å². The zero-order valence-corrected chi connectivity index (χ0v) is 9.63. The van der Waals surface area contributed by atoms with E-state index < -0.39 is 0 Å². The highest BCUT2D eigenvalue weighted by Crippen LogP contribution is 2.29. The molecule has 0 spiro atoms. The highest BCUT2D eigenvalue weighted by atomic mass is 79.9. The van der Waals surface area contributed by atoms with E-state index >= 15 is 0 Å². The van der Waals surface area contributed by atoms with Gasteiger partial charge in [0.15, 0.2) is 0 Å². The SMILES string of the molecule is COc1cc2ccc(C)nc2cc1Br. The molecule has 3 heteroatoms. The first-order valence-corrected chi connectivity index (χ1v) is 5.11. The van der Waals surface area contributed by atoms with Gasteiger partial charge in [0.25, 0.3) is 0 Å². The molecule has 0 unspecified atom stereocenters. The molecule has 1 aromatic heterocycles. The second-order valence-electron chi connectivity index (χ2n) is 3.13. The first kappa shape index (κ1) is 9.46. The van der Waals surface area contributed by atoms with Crippen LogP contribution < -0.4 is 4.74 Å². The molecule has 0 saturated carbocycles. The van der Waals surface area contributed by atoms with Crippen molar-refractivity contribution in [2.24, 2.45) is 0 Å². The number of hydrogen-bond donors (Lipinski definition) is 0. The number of methoxy groups -OCH3 is 1. The number of fused-ring (bicyclic) bond motifs is 1. The van der Waals surface area contributed by atoms with E-state index in [1.807, 2.05) is 31.2 Å². The molecule has 0 N–H and O–H groups in total. The largest absolute Gasteiger partial charge is 0.496 e. The number of benzene rings is 1. The number of aromatic nitrogens is 1. The Kier molecular flexibility index (Phi) is 2.42.